The molecule has 1 aromatic carbocycles. The standard InChI is InChI=1S/C17H23NO4/c1-12(22-14-5-3-2-4-6-14)17(19)18-13-7-8-15-16(11-13)21-10-9-20-15/h2-6,12-13,15-16H,7-11H2,1H3,(H,18,19). The molecule has 5 nitrogen and oxygen atoms in total. The van der Waals surface area contributed by atoms with Crippen molar-refractivity contribution in [1.82, 2.24) is 5.32 Å². The fraction of sp³-hybridized carbons (Fsp3) is 0.588. The van der Waals surface area contributed by atoms with Crippen LogP contribution in [-0.4, -0.2) is 43.5 Å². The second-order valence-electron chi connectivity index (χ2n) is 5.91. The average Bonchev–Trinajstić information content (AvgIpc) is 2.55. The Balaban J connectivity index is 1.49. The zero-order valence-corrected chi connectivity index (χ0v) is 12.9. The van der Waals surface area contributed by atoms with E-state index < -0.39 is 6.10 Å². The van der Waals surface area contributed by atoms with Gasteiger partial charge in [0.25, 0.3) is 5.91 Å². The van der Waals surface area contributed by atoms with E-state index in [1.807, 2.05) is 30.3 Å². The normalized spacial score (nSPS) is 29.2. The predicted molar refractivity (Wildman–Crippen MR) is 81.8 cm³/mol. The summed E-state index contributed by atoms with van der Waals surface area (Å²) >= 11 is 0. The molecule has 4 atom stereocenters. The summed E-state index contributed by atoms with van der Waals surface area (Å²) in [7, 11) is 0. The van der Waals surface area contributed by atoms with Crippen molar-refractivity contribution in [2.45, 2.75) is 50.5 Å². The van der Waals surface area contributed by atoms with Crippen molar-refractivity contribution < 1.29 is 19.0 Å². The number of hydrogen-bond donors (Lipinski definition) is 1. The highest BCUT2D eigenvalue weighted by molar-refractivity contribution is 5.81. The molecule has 1 saturated heterocycles. The van der Waals surface area contributed by atoms with Crippen LogP contribution in [0, 0.1) is 0 Å². The molecule has 0 aromatic heterocycles. The topological polar surface area (TPSA) is 56.8 Å². The molecule has 2 fully saturated rings. The average molecular weight is 305 g/mol. The van der Waals surface area contributed by atoms with Crippen LogP contribution in [0.2, 0.25) is 0 Å². The van der Waals surface area contributed by atoms with Crippen LogP contribution in [0.1, 0.15) is 26.2 Å². The Kier molecular flexibility index (Phi) is 4.95. The van der Waals surface area contributed by atoms with Gasteiger partial charge in [-0.05, 0) is 38.3 Å². The number of ether oxygens (including phenoxy) is 3. The molecule has 22 heavy (non-hydrogen) atoms. The van der Waals surface area contributed by atoms with Gasteiger partial charge < -0.3 is 19.5 Å². The maximum absolute atomic E-state index is 12.3. The van der Waals surface area contributed by atoms with Gasteiger partial charge in [0.1, 0.15) is 5.75 Å². The number of fused-ring (bicyclic) bond motifs is 1. The monoisotopic (exact) mass is 305 g/mol. The molecule has 5 heteroatoms. The molecule has 0 radical (unpaired) electrons. The van der Waals surface area contributed by atoms with Gasteiger partial charge in [-0.1, -0.05) is 18.2 Å². The van der Waals surface area contributed by atoms with Crippen LogP contribution < -0.4 is 10.1 Å². The van der Waals surface area contributed by atoms with Crippen LogP contribution in [0.5, 0.6) is 5.75 Å². The highest BCUT2D eigenvalue weighted by atomic mass is 16.6. The number of benzene rings is 1. The highest BCUT2D eigenvalue weighted by Gasteiger charge is 2.35. The quantitative estimate of drug-likeness (QED) is 0.923. The van der Waals surface area contributed by atoms with Crippen molar-refractivity contribution in [3.63, 3.8) is 0 Å². The fourth-order valence-corrected chi connectivity index (χ4v) is 3.07. The smallest absolute Gasteiger partial charge is 0.260 e. The molecule has 1 N–H and O–H groups in total. The van der Waals surface area contributed by atoms with E-state index in [0.717, 1.165) is 19.3 Å². The van der Waals surface area contributed by atoms with Crippen molar-refractivity contribution in [3.8, 4) is 5.75 Å². The minimum atomic E-state index is -0.511. The molecular formula is C17H23NO4. The van der Waals surface area contributed by atoms with Gasteiger partial charge in [-0.3, -0.25) is 4.79 Å². The van der Waals surface area contributed by atoms with Crippen molar-refractivity contribution in [3.05, 3.63) is 30.3 Å². The number of rotatable bonds is 4. The summed E-state index contributed by atoms with van der Waals surface area (Å²) in [6.07, 6.45) is 2.47. The third kappa shape index (κ3) is 3.78. The first kappa shape index (κ1) is 15.3. The van der Waals surface area contributed by atoms with Gasteiger partial charge in [-0.15, -0.1) is 0 Å². The molecule has 1 aliphatic heterocycles. The first-order chi connectivity index (χ1) is 10.7. The number of nitrogens with one attached hydrogen (secondary N) is 1. The molecule has 0 spiro atoms. The molecular weight excluding hydrogens is 282 g/mol. The highest BCUT2D eigenvalue weighted by Crippen LogP contribution is 2.26. The van der Waals surface area contributed by atoms with Crippen LogP contribution in [0.3, 0.4) is 0 Å². The van der Waals surface area contributed by atoms with Crippen LogP contribution in [0.15, 0.2) is 30.3 Å². The van der Waals surface area contributed by atoms with E-state index in [1.54, 1.807) is 6.92 Å². The molecule has 1 amide bonds. The number of amides is 1. The molecule has 2 aliphatic rings. The Bertz CT molecular complexity index is 493. The van der Waals surface area contributed by atoms with Gasteiger partial charge in [0.2, 0.25) is 0 Å². The van der Waals surface area contributed by atoms with E-state index >= 15 is 0 Å². The van der Waals surface area contributed by atoms with Crippen LogP contribution >= 0.6 is 0 Å². The lowest BCUT2D eigenvalue weighted by molar-refractivity contribution is -0.159. The lowest BCUT2D eigenvalue weighted by atomic mass is 9.89. The Morgan fingerprint density at radius 3 is 2.68 bits per heavy atom. The van der Waals surface area contributed by atoms with E-state index in [2.05, 4.69) is 5.32 Å². The molecule has 1 aromatic rings. The maximum atomic E-state index is 12.3. The molecule has 120 valence electrons. The van der Waals surface area contributed by atoms with E-state index in [0.29, 0.717) is 19.0 Å². The van der Waals surface area contributed by atoms with Crippen molar-refractivity contribution >= 4 is 5.91 Å². The van der Waals surface area contributed by atoms with Crippen LogP contribution in [0.25, 0.3) is 0 Å². The molecule has 3 rings (SSSR count). The summed E-state index contributed by atoms with van der Waals surface area (Å²) in [6, 6.07) is 9.54. The van der Waals surface area contributed by atoms with Crippen LogP contribution in [0.4, 0.5) is 0 Å². The number of carbonyl (C=O) groups excluding carboxylic acids is 1. The van der Waals surface area contributed by atoms with Crippen LogP contribution in [-0.2, 0) is 14.3 Å². The number of hydrogen-bond acceptors (Lipinski definition) is 4. The summed E-state index contributed by atoms with van der Waals surface area (Å²) in [4.78, 5) is 12.3. The summed E-state index contributed by atoms with van der Waals surface area (Å²) in [5, 5.41) is 3.07. The third-order valence-corrected chi connectivity index (χ3v) is 4.25. The summed E-state index contributed by atoms with van der Waals surface area (Å²) in [5.74, 6) is 0.627. The lowest BCUT2D eigenvalue weighted by Crippen LogP contribution is -2.51. The SMILES string of the molecule is CC(Oc1ccccc1)C(=O)NC1CCC2OCCOC2C1. The maximum Gasteiger partial charge on any atom is 0.260 e. The van der Waals surface area contributed by atoms with E-state index in [4.69, 9.17) is 14.2 Å². The first-order valence-corrected chi connectivity index (χ1v) is 7.97. The van der Waals surface area contributed by atoms with E-state index in [9.17, 15) is 4.79 Å². The van der Waals surface area contributed by atoms with Gasteiger partial charge in [-0.2, -0.15) is 0 Å². The number of carbonyl (C=O) groups is 1. The predicted octanol–water partition coefficient (Wildman–Crippen LogP) is 1.91. The fourth-order valence-electron chi connectivity index (χ4n) is 3.07. The van der Waals surface area contributed by atoms with Crippen molar-refractivity contribution in [2.24, 2.45) is 0 Å². The second kappa shape index (κ2) is 7.11. The number of para-hydroxylation sites is 1. The minimum Gasteiger partial charge on any atom is -0.481 e. The van der Waals surface area contributed by atoms with Crippen molar-refractivity contribution in [1.29, 1.82) is 0 Å². The Labute approximate surface area is 130 Å². The van der Waals surface area contributed by atoms with Gasteiger partial charge in [0.05, 0.1) is 25.4 Å². The zero-order chi connectivity index (χ0) is 15.4. The lowest BCUT2D eigenvalue weighted by Gasteiger charge is -2.39. The largest absolute Gasteiger partial charge is 0.481 e. The molecule has 1 heterocycles. The third-order valence-electron chi connectivity index (χ3n) is 4.25. The summed E-state index contributed by atoms with van der Waals surface area (Å²) < 4.78 is 17.1. The molecule has 0 bridgehead atoms. The first-order valence-electron chi connectivity index (χ1n) is 7.97. The molecule has 1 saturated carbocycles. The Hall–Kier alpha value is -1.59. The van der Waals surface area contributed by atoms with Crippen molar-refractivity contribution in [2.75, 3.05) is 13.2 Å². The molecule has 1 aliphatic carbocycles. The second-order valence-corrected chi connectivity index (χ2v) is 5.91. The summed E-state index contributed by atoms with van der Waals surface area (Å²) in [6.45, 7) is 3.10. The van der Waals surface area contributed by atoms with E-state index in [1.165, 1.54) is 0 Å². The summed E-state index contributed by atoms with van der Waals surface area (Å²) in [5.41, 5.74) is 0. The van der Waals surface area contributed by atoms with Gasteiger partial charge in [0.15, 0.2) is 6.10 Å². The van der Waals surface area contributed by atoms with Gasteiger partial charge >= 0.3 is 0 Å². The van der Waals surface area contributed by atoms with Gasteiger partial charge in [-0.25, -0.2) is 0 Å². The van der Waals surface area contributed by atoms with Gasteiger partial charge in [0, 0.05) is 6.04 Å². The molecule has 4 unspecified atom stereocenters. The Morgan fingerprint density at radius 2 is 1.91 bits per heavy atom. The Morgan fingerprint density at radius 1 is 1.18 bits per heavy atom. The minimum absolute atomic E-state index is 0.0796. The zero-order valence-electron chi connectivity index (χ0n) is 12.9. The van der Waals surface area contributed by atoms with E-state index in [-0.39, 0.29) is 24.2 Å².